The Labute approximate surface area is 130 Å². The summed E-state index contributed by atoms with van der Waals surface area (Å²) < 4.78 is 11.2. The molecule has 0 fully saturated rings. The summed E-state index contributed by atoms with van der Waals surface area (Å²) in [7, 11) is 1.61. The Morgan fingerprint density at radius 1 is 1.05 bits per heavy atom. The Kier molecular flexibility index (Phi) is 5.83. The smallest absolute Gasteiger partial charge is 0.303 e. The van der Waals surface area contributed by atoms with Crippen LogP contribution in [0.25, 0.3) is 0 Å². The zero-order chi connectivity index (χ0) is 15.8. The number of carbonyl (C=O) groups is 1. The van der Waals surface area contributed by atoms with Crippen LogP contribution in [0, 0.1) is 0 Å². The van der Waals surface area contributed by atoms with Crippen molar-refractivity contribution in [2.75, 3.05) is 7.11 Å². The van der Waals surface area contributed by atoms with Gasteiger partial charge in [-0.15, -0.1) is 0 Å². The van der Waals surface area contributed by atoms with Gasteiger partial charge in [0, 0.05) is 6.42 Å². The minimum Gasteiger partial charge on any atom is -0.493 e. The van der Waals surface area contributed by atoms with Gasteiger partial charge in [-0.25, -0.2) is 0 Å². The highest BCUT2D eigenvalue weighted by molar-refractivity contribution is 5.66. The average molecular weight is 300 g/mol. The molecule has 0 saturated heterocycles. The van der Waals surface area contributed by atoms with Gasteiger partial charge < -0.3 is 14.6 Å². The van der Waals surface area contributed by atoms with E-state index >= 15 is 0 Å². The van der Waals surface area contributed by atoms with Gasteiger partial charge in [0.2, 0.25) is 0 Å². The maximum atomic E-state index is 10.6. The number of hydrogen-bond acceptors (Lipinski definition) is 3. The van der Waals surface area contributed by atoms with E-state index in [-0.39, 0.29) is 6.42 Å². The van der Waals surface area contributed by atoms with E-state index < -0.39 is 5.97 Å². The Morgan fingerprint density at radius 2 is 1.82 bits per heavy atom. The number of methoxy groups -OCH3 is 1. The van der Waals surface area contributed by atoms with E-state index in [0.717, 1.165) is 11.1 Å². The molecule has 116 valence electrons. The highest BCUT2D eigenvalue weighted by Crippen LogP contribution is 2.29. The van der Waals surface area contributed by atoms with Crippen LogP contribution >= 0.6 is 0 Å². The summed E-state index contributed by atoms with van der Waals surface area (Å²) in [5.74, 6) is 0.589. The number of benzene rings is 2. The fraction of sp³-hybridized carbons (Fsp3) is 0.278. The van der Waals surface area contributed by atoms with Crippen molar-refractivity contribution in [3.63, 3.8) is 0 Å². The second-order valence-corrected chi connectivity index (χ2v) is 5.01. The number of ether oxygens (including phenoxy) is 2. The molecule has 0 saturated carbocycles. The van der Waals surface area contributed by atoms with Crippen LogP contribution in [0.3, 0.4) is 0 Å². The third kappa shape index (κ3) is 4.81. The molecule has 0 aliphatic carbocycles. The number of carboxylic acid groups (broad SMARTS) is 1. The summed E-state index contributed by atoms with van der Waals surface area (Å²) >= 11 is 0. The molecule has 4 nitrogen and oxygen atoms in total. The molecule has 0 atom stereocenters. The van der Waals surface area contributed by atoms with Crippen LogP contribution in [0.5, 0.6) is 11.5 Å². The van der Waals surface area contributed by atoms with Gasteiger partial charge in [-0.1, -0.05) is 36.4 Å². The molecule has 0 amide bonds. The Morgan fingerprint density at radius 3 is 2.50 bits per heavy atom. The van der Waals surface area contributed by atoms with Gasteiger partial charge in [0.05, 0.1) is 7.11 Å². The van der Waals surface area contributed by atoms with Gasteiger partial charge in [0.1, 0.15) is 6.61 Å². The van der Waals surface area contributed by atoms with E-state index in [4.69, 9.17) is 14.6 Å². The van der Waals surface area contributed by atoms with Gasteiger partial charge in [-0.2, -0.15) is 0 Å². The van der Waals surface area contributed by atoms with Crippen molar-refractivity contribution in [2.45, 2.75) is 25.9 Å². The third-order valence-electron chi connectivity index (χ3n) is 3.32. The lowest BCUT2D eigenvalue weighted by Gasteiger charge is -2.12. The molecule has 0 aromatic heterocycles. The van der Waals surface area contributed by atoms with Crippen LogP contribution in [-0.2, 0) is 17.8 Å². The highest BCUT2D eigenvalue weighted by atomic mass is 16.5. The first-order valence-corrected chi connectivity index (χ1v) is 7.24. The van der Waals surface area contributed by atoms with Crippen molar-refractivity contribution in [1.29, 1.82) is 0 Å². The second-order valence-electron chi connectivity index (χ2n) is 5.01. The Balaban J connectivity index is 2.02. The van der Waals surface area contributed by atoms with Crippen molar-refractivity contribution in [2.24, 2.45) is 0 Å². The zero-order valence-electron chi connectivity index (χ0n) is 12.6. The number of aliphatic carboxylic acids is 1. The lowest BCUT2D eigenvalue weighted by molar-refractivity contribution is -0.137. The molecule has 1 N–H and O–H groups in total. The summed E-state index contributed by atoms with van der Waals surface area (Å²) in [5, 5.41) is 8.69. The van der Waals surface area contributed by atoms with Crippen LogP contribution in [0.15, 0.2) is 48.5 Å². The van der Waals surface area contributed by atoms with E-state index in [0.29, 0.717) is 30.9 Å². The fourth-order valence-electron chi connectivity index (χ4n) is 2.17. The van der Waals surface area contributed by atoms with Crippen molar-refractivity contribution >= 4 is 5.97 Å². The predicted molar refractivity (Wildman–Crippen MR) is 84.3 cm³/mol. The lowest BCUT2D eigenvalue weighted by atomic mass is 10.1. The summed E-state index contributed by atoms with van der Waals surface area (Å²) in [4.78, 5) is 10.6. The number of carboxylic acids is 1. The first kappa shape index (κ1) is 15.9. The Hall–Kier alpha value is -2.49. The van der Waals surface area contributed by atoms with Gasteiger partial charge in [0.15, 0.2) is 11.5 Å². The Bertz CT molecular complexity index is 608. The number of rotatable bonds is 8. The second kappa shape index (κ2) is 8.08. The largest absolute Gasteiger partial charge is 0.493 e. The molecule has 0 unspecified atom stereocenters. The van der Waals surface area contributed by atoms with Gasteiger partial charge in [-0.05, 0) is 36.1 Å². The van der Waals surface area contributed by atoms with Gasteiger partial charge >= 0.3 is 5.97 Å². The van der Waals surface area contributed by atoms with E-state index in [1.165, 1.54) is 0 Å². The minimum absolute atomic E-state index is 0.173. The predicted octanol–water partition coefficient (Wildman–Crippen LogP) is 3.68. The average Bonchev–Trinajstić information content (AvgIpc) is 2.54. The van der Waals surface area contributed by atoms with Gasteiger partial charge in [-0.3, -0.25) is 4.79 Å². The standard InChI is InChI=1S/C18H20O4/c1-21-16-11-10-14(8-5-9-18(19)20)12-17(16)22-13-15-6-3-2-4-7-15/h2-4,6-7,10-12H,5,8-9,13H2,1H3,(H,19,20). The molecule has 0 aliphatic heterocycles. The molecule has 2 aromatic rings. The molecule has 0 radical (unpaired) electrons. The van der Waals surface area contributed by atoms with E-state index in [9.17, 15) is 4.79 Å². The number of hydrogen-bond donors (Lipinski definition) is 1. The van der Waals surface area contributed by atoms with Crippen molar-refractivity contribution < 1.29 is 19.4 Å². The summed E-state index contributed by atoms with van der Waals surface area (Å²) in [6, 6.07) is 15.6. The van der Waals surface area contributed by atoms with Crippen LogP contribution in [0.2, 0.25) is 0 Å². The molecule has 0 bridgehead atoms. The first-order chi connectivity index (χ1) is 10.7. The maximum Gasteiger partial charge on any atom is 0.303 e. The highest BCUT2D eigenvalue weighted by Gasteiger charge is 2.07. The molecule has 0 spiro atoms. The maximum absolute atomic E-state index is 10.6. The van der Waals surface area contributed by atoms with E-state index in [2.05, 4.69) is 0 Å². The van der Waals surface area contributed by atoms with Crippen LogP contribution in [0.4, 0.5) is 0 Å². The molecule has 22 heavy (non-hydrogen) atoms. The molecule has 2 aromatic carbocycles. The number of aryl methyl sites for hydroxylation is 1. The fourth-order valence-corrected chi connectivity index (χ4v) is 2.17. The quantitative estimate of drug-likeness (QED) is 0.808. The molecule has 4 heteroatoms. The van der Waals surface area contributed by atoms with Crippen molar-refractivity contribution in [3.8, 4) is 11.5 Å². The SMILES string of the molecule is COc1ccc(CCCC(=O)O)cc1OCc1ccccc1. The van der Waals surface area contributed by atoms with E-state index in [1.807, 2.05) is 48.5 Å². The van der Waals surface area contributed by atoms with Crippen LogP contribution in [0.1, 0.15) is 24.0 Å². The first-order valence-electron chi connectivity index (χ1n) is 7.24. The van der Waals surface area contributed by atoms with Crippen molar-refractivity contribution in [3.05, 3.63) is 59.7 Å². The third-order valence-corrected chi connectivity index (χ3v) is 3.32. The lowest BCUT2D eigenvalue weighted by Crippen LogP contribution is -1.99. The van der Waals surface area contributed by atoms with Crippen LogP contribution < -0.4 is 9.47 Å². The molecular weight excluding hydrogens is 280 g/mol. The zero-order valence-corrected chi connectivity index (χ0v) is 12.6. The molecular formula is C18H20O4. The van der Waals surface area contributed by atoms with Gasteiger partial charge in [0.25, 0.3) is 0 Å². The van der Waals surface area contributed by atoms with Crippen LogP contribution in [-0.4, -0.2) is 18.2 Å². The molecule has 0 heterocycles. The minimum atomic E-state index is -0.769. The summed E-state index contributed by atoms with van der Waals surface area (Å²) in [5.41, 5.74) is 2.13. The topological polar surface area (TPSA) is 55.8 Å². The normalized spacial score (nSPS) is 10.2. The monoisotopic (exact) mass is 300 g/mol. The van der Waals surface area contributed by atoms with E-state index in [1.54, 1.807) is 7.11 Å². The molecule has 2 rings (SSSR count). The summed E-state index contributed by atoms with van der Waals surface area (Å²) in [6.07, 6.45) is 1.49. The van der Waals surface area contributed by atoms with Crippen molar-refractivity contribution in [1.82, 2.24) is 0 Å². The molecule has 0 aliphatic rings. The summed E-state index contributed by atoms with van der Waals surface area (Å²) in [6.45, 7) is 0.468.